The molecule has 1 aromatic rings. The van der Waals surface area contributed by atoms with Crippen LogP contribution in [0.15, 0.2) is 30.4 Å². The van der Waals surface area contributed by atoms with E-state index >= 15 is 0 Å². The maximum Gasteiger partial charge on any atom is 0.273 e. The zero-order valence-electron chi connectivity index (χ0n) is 14.0. The van der Waals surface area contributed by atoms with Crippen LogP contribution in [-0.2, 0) is 14.4 Å². The second kappa shape index (κ2) is 6.95. The standard InChI is InChI=1S/C17H17N3O6/c1-26-14-8-10(20(24)25)6-7-13(14)18-15(21)9-19-16(22)11-4-2-3-5-12(11)17(19)23/h2-3,6-8,11-12H,4-5,9H2,1H3,(H,18,21)/t11-,12-/m0/s1. The first-order chi connectivity index (χ1) is 12.4. The summed E-state index contributed by atoms with van der Waals surface area (Å²) in [5.41, 5.74) is 0.0441. The number of nitrogens with zero attached hydrogens (tertiary/aromatic N) is 2. The highest BCUT2D eigenvalue weighted by molar-refractivity contribution is 6.09. The van der Waals surface area contributed by atoms with Crippen molar-refractivity contribution in [2.75, 3.05) is 19.0 Å². The van der Waals surface area contributed by atoms with Gasteiger partial charge in [-0.05, 0) is 18.9 Å². The number of benzene rings is 1. The van der Waals surface area contributed by atoms with Gasteiger partial charge < -0.3 is 10.1 Å². The van der Waals surface area contributed by atoms with Crippen molar-refractivity contribution < 1.29 is 24.0 Å². The Balaban J connectivity index is 1.71. The first-order valence-electron chi connectivity index (χ1n) is 8.05. The lowest BCUT2D eigenvalue weighted by Crippen LogP contribution is -2.38. The number of ether oxygens (including phenoxy) is 1. The van der Waals surface area contributed by atoms with Gasteiger partial charge in [0.15, 0.2) is 0 Å². The first-order valence-corrected chi connectivity index (χ1v) is 8.05. The molecule has 3 amide bonds. The third-order valence-corrected chi connectivity index (χ3v) is 4.57. The molecular weight excluding hydrogens is 342 g/mol. The summed E-state index contributed by atoms with van der Waals surface area (Å²) in [4.78, 5) is 48.2. The minimum absolute atomic E-state index is 0.115. The average Bonchev–Trinajstić information content (AvgIpc) is 2.87. The van der Waals surface area contributed by atoms with Gasteiger partial charge in [0.1, 0.15) is 12.3 Å². The molecule has 3 rings (SSSR count). The number of carbonyl (C=O) groups excluding carboxylic acids is 3. The SMILES string of the molecule is COc1cc([N+](=O)[O-])ccc1NC(=O)CN1C(=O)[C@H]2CC=CC[C@@H]2C1=O. The lowest BCUT2D eigenvalue weighted by Gasteiger charge is -2.15. The van der Waals surface area contributed by atoms with Crippen molar-refractivity contribution in [3.63, 3.8) is 0 Å². The van der Waals surface area contributed by atoms with Gasteiger partial charge in [0.05, 0.1) is 35.6 Å². The molecule has 1 fully saturated rings. The molecule has 1 saturated heterocycles. The normalized spacial score (nSPS) is 21.5. The fraction of sp³-hybridized carbons (Fsp3) is 0.353. The molecule has 0 spiro atoms. The smallest absolute Gasteiger partial charge is 0.273 e. The number of rotatable bonds is 5. The summed E-state index contributed by atoms with van der Waals surface area (Å²) in [5, 5.41) is 13.3. The number of hydrogen-bond donors (Lipinski definition) is 1. The molecule has 1 N–H and O–H groups in total. The predicted octanol–water partition coefficient (Wildman–Crippen LogP) is 1.49. The third-order valence-electron chi connectivity index (χ3n) is 4.57. The lowest BCUT2D eigenvalue weighted by molar-refractivity contribution is -0.384. The second-order valence-electron chi connectivity index (χ2n) is 6.11. The second-order valence-corrected chi connectivity index (χ2v) is 6.11. The number of non-ortho nitro benzene ring substituents is 1. The van der Waals surface area contributed by atoms with E-state index in [0.29, 0.717) is 12.8 Å². The largest absolute Gasteiger partial charge is 0.494 e. The molecule has 136 valence electrons. The number of imide groups is 1. The van der Waals surface area contributed by atoms with Gasteiger partial charge in [0.25, 0.3) is 5.69 Å². The Hall–Kier alpha value is -3.23. The van der Waals surface area contributed by atoms with E-state index in [-0.39, 0.29) is 28.9 Å². The van der Waals surface area contributed by atoms with Crippen LogP contribution in [-0.4, -0.2) is 41.2 Å². The topological polar surface area (TPSA) is 119 Å². The monoisotopic (exact) mass is 359 g/mol. The maximum atomic E-state index is 12.4. The molecule has 1 aliphatic heterocycles. The third kappa shape index (κ3) is 3.15. The molecule has 1 heterocycles. The molecule has 9 heteroatoms. The number of fused-ring (bicyclic) bond motifs is 1. The number of hydrogen-bond acceptors (Lipinski definition) is 6. The Bertz CT molecular complexity index is 793. The summed E-state index contributed by atoms with van der Waals surface area (Å²) in [6.07, 6.45) is 4.75. The highest BCUT2D eigenvalue weighted by Crippen LogP contribution is 2.35. The van der Waals surface area contributed by atoms with Gasteiger partial charge in [-0.25, -0.2) is 0 Å². The molecule has 9 nitrogen and oxygen atoms in total. The van der Waals surface area contributed by atoms with Crippen molar-refractivity contribution in [2.45, 2.75) is 12.8 Å². The molecular formula is C17H17N3O6. The van der Waals surface area contributed by atoms with E-state index in [1.807, 2.05) is 12.2 Å². The fourth-order valence-electron chi connectivity index (χ4n) is 3.25. The van der Waals surface area contributed by atoms with Gasteiger partial charge in [0.2, 0.25) is 17.7 Å². The minimum Gasteiger partial charge on any atom is -0.494 e. The average molecular weight is 359 g/mol. The Kier molecular flexibility index (Phi) is 4.70. The van der Waals surface area contributed by atoms with Crippen LogP contribution in [0.1, 0.15) is 12.8 Å². The van der Waals surface area contributed by atoms with Crippen molar-refractivity contribution in [2.24, 2.45) is 11.8 Å². The summed E-state index contributed by atoms with van der Waals surface area (Å²) >= 11 is 0. The van der Waals surface area contributed by atoms with Crippen LogP contribution in [0.3, 0.4) is 0 Å². The van der Waals surface area contributed by atoms with Crippen LogP contribution in [0, 0.1) is 22.0 Å². The van der Waals surface area contributed by atoms with E-state index in [9.17, 15) is 24.5 Å². The van der Waals surface area contributed by atoms with Gasteiger partial charge in [-0.1, -0.05) is 12.2 Å². The Morgan fingerprint density at radius 3 is 2.42 bits per heavy atom. The molecule has 2 atom stereocenters. The van der Waals surface area contributed by atoms with E-state index in [2.05, 4.69) is 5.32 Å². The van der Waals surface area contributed by atoms with E-state index in [0.717, 1.165) is 4.90 Å². The summed E-state index contributed by atoms with van der Waals surface area (Å²) < 4.78 is 5.05. The van der Waals surface area contributed by atoms with Crippen LogP contribution in [0.2, 0.25) is 0 Å². The predicted molar refractivity (Wildman–Crippen MR) is 90.4 cm³/mol. The van der Waals surface area contributed by atoms with Gasteiger partial charge >= 0.3 is 0 Å². The summed E-state index contributed by atoms with van der Waals surface area (Å²) in [7, 11) is 1.32. The highest BCUT2D eigenvalue weighted by atomic mass is 16.6. The van der Waals surface area contributed by atoms with Crippen LogP contribution in [0.5, 0.6) is 5.75 Å². The van der Waals surface area contributed by atoms with Crippen molar-refractivity contribution in [1.82, 2.24) is 4.90 Å². The van der Waals surface area contributed by atoms with E-state index in [1.54, 1.807) is 0 Å². The molecule has 0 aromatic heterocycles. The first kappa shape index (κ1) is 17.6. The van der Waals surface area contributed by atoms with Crippen LogP contribution >= 0.6 is 0 Å². The quantitative estimate of drug-likeness (QED) is 0.368. The number of nitro groups is 1. The number of methoxy groups -OCH3 is 1. The van der Waals surface area contributed by atoms with Gasteiger partial charge in [-0.3, -0.25) is 29.4 Å². The van der Waals surface area contributed by atoms with Gasteiger partial charge in [-0.2, -0.15) is 0 Å². The van der Waals surface area contributed by atoms with E-state index < -0.39 is 29.2 Å². The Labute approximate surface area is 148 Å². The summed E-state index contributed by atoms with van der Waals surface area (Å²) in [6, 6.07) is 3.75. The minimum atomic E-state index is -0.578. The lowest BCUT2D eigenvalue weighted by atomic mass is 9.85. The molecule has 26 heavy (non-hydrogen) atoms. The van der Waals surface area contributed by atoms with Crippen molar-refractivity contribution in [3.8, 4) is 5.75 Å². The number of nitro benzene ring substituents is 1. The Morgan fingerprint density at radius 2 is 1.88 bits per heavy atom. The van der Waals surface area contributed by atoms with E-state index in [4.69, 9.17) is 4.74 Å². The molecule has 0 unspecified atom stereocenters. The summed E-state index contributed by atoms with van der Waals surface area (Å²) in [6.45, 7) is -0.398. The van der Waals surface area contributed by atoms with E-state index in [1.165, 1.54) is 25.3 Å². The number of allylic oxidation sites excluding steroid dienone is 2. The molecule has 0 saturated carbocycles. The fourth-order valence-corrected chi connectivity index (χ4v) is 3.25. The Morgan fingerprint density at radius 1 is 1.27 bits per heavy atom. The molecule has 1 aliphatic carbocycles. The van der Waals surface area contributed by atoms with Crippen LogP contribution in [0.25, 0.3) is 0 Å². The zero-order chi connectivity index (χ0) is 18.8. The van der Waals surface area contributed by atoms with Crippen LogP contribution in [0.4, 0.5) is 11.4 Å². The van der Waals surface area contributed by atoms with Gasteiger partial charge in [-0.15, -0.1) is 0 Å². The molecule has 2 aliphatic rings. The highest BCUT2D eigenvalue weighted by Gasteiger charge is 2.47. The van der Waals surface area contributed by atoms with Gasteiger partial charge in [0, 0.05) is 6.07 Å². The van der Waals surface area contributed by atoms with Crippen molar-refractivity contribution >= 4 is 29.1 Å². The van der Waals surface area contributed by atoms with Crippen LogP contribution < -0.4 is 10.1 Å². The van der Waals surface area contributed by atoms with Crippen molar-refractivity contribution in [1.29, 1.82) is 0 Å². The number of nitrogens with one attached hydrogen (secondary N) is 1. The van der Waals surface area contributed by atoms with Crippen molar-refractivity contribution in [3.05, 3.63) is 40.5 Å². The number of amides is 3. The summed E-state index contributed by atoms with van der Waals surface area (Å²) in [5.74, 6) is -1.93. The number of likely N-dealkylation sites (tertiary alicyclic amines) is 1. The molecule has 0 bridgehead atoms. The maximum absolute atomic E-state index is 12.4. The number of anilines is 1. The zero-order valence-corrected chi connectivity index (χ0v) is 14.0. The number of carbonyl (C=O) groups is 3. The molecule has 0 radical (unpaired) electrons. The molecule has 1 aromatic carbocycles.